The summed E-state index contributed by atoms with van der Waals surface area (Å²) in [5.41, 5.74) is 7.04. The van der Waals surface area contributed by atoms with Crippen LogP contribution in [-0.2, 0) is 4.74 Å². The molecule has 1 aliphatic rings. The smallest absolute Gasteiger partial charge is 0.0794 e. The third-order valence-electron chi connectivity index (χ3n) is 2.46. The van der Waals surface area contributed by atoms with Crippen molar-refractivity contribution in [2.24, 2.45) is 5.73 Å². The molecule has 0 aliphatic carbocycles. The van der Waals surface area contributed by atoms with Gasteiger partial charge in [-0.05, 0) is 19.1 Å². The first-order valence-electron chi connectivity index (χ1n) is 4.78. The average molecular weight is 209 g/mol. The Morgan fingerprint density at radius 1 is 1.36 bits per heavy atom. The summed E-state index contributed by atoms with van der Waals surface area (Å²) in [4.78, 5) is 1.28. The molecule has 0 unspecified atom stereocenters. The highest BCUT2D eigenvalue weighted by Gasteiger charge is 2.38. The third-order valence-corrected chi connectivity index (χ3v) is 3.80. The Bertz CT molecular complexity index is 300. The monoisotopic (exact) mass is 209 g/mol. The molecule has 2 nitrogen and oxygen atoms in total. The molecule has 0 aromatic heterocycles. The zero-order chi connectivity index (χ0) is 10.0. The molecule has 2 rings (SSSR count). The van der Waals surface area contributed by atoms with Gasteiger partial charge in [-0.2, -0.15) is 0 Å². The van der Waals surface area contributed by atoms with Gasteiger partial charge in [-0.25, -0.2) is 0 Å². The fourth-order valence-electron chi connectivity index (χ4n) is 1.40. The summed E-state index contributed by atoms with van der Waals surface area (Å²) in [6, 6.07) is 8.56. The topological polar surface area (TPSA) is 35.2 Å². The van der Waals surface area contributed by atoms with E-state index in [9.17, 15) is 0 Å². The van der Waals surface area contributed by atoms with Gasteiger partial charge in [-0.1, -0.05) is 17.7 Å². The number of rotatable bonds is 3. The van der Waals surface area contributed by atoms with Crippen LogP contribution in [0, 0.1) is 6.92 Å². The first-order chi connectivity index (χ1) is 6.74. The quantitative estimate of drug-likeness (QED) is 0.824. The first kappa shape index (κ1) is 10.0. The van der Waals surface area contributed by atoms with Crippen molar-refractivity contribution >= 4 is 11.8 Å². The Hall–Kier alpha value is -0.510. The van der Waals surface area contributed by atoms with Crippen molar-refractivity contribution in [3.8, 4) is 0 Å². The van der Waals surface area contributed by atoms with Crippen LogP contribution in [0.15, 0.2) is 29.2 Å². The van der Waals surface area contributed by atoms with Crippen LogP contribution in [0.3, 0.4) is 0 Å². The molecular weight excluding hydrogens is 194 g/mol. The van der Waals surface area contributed by atoms with Crippen molar-refractivity contribution in [1.29, 1.82) is 0 Å². The van der Waals surface area contributed by atoms with E-state index in [1.165, 1.54) is 10.5 Å². The van der Waals surface area contributed by atoms with Gasteiger partial charge >= 0.3 is 0 Å². The Balaban J connectivity index is 2.06. The highest BCUT2D eigenvalue weighted by atomic mass is 32.2. The maximum atomic E-state index is 5.75. The Morgan fingerprint density at radius 2 is 2.00 bits per heavy atom. The number of aryl methyl sites for hydroxylation is 1. The van der Waals surface area contributed by atoms with Gasteiger partial charge < -0.3 is 10.5 Å². The van der Waals surface area contributed by atoms with Crippen LogP contribution in [0.4, 0.5) is 0 Å². The van der Waals surface area contributed by atoms with Crippen molar-refractivity contribution < 1.29 is 4.74 Å². The van der Waals surface area contributed by atoms with E-state index in [-0.39, 0.29) is 4.75 Å². The van der Waals surface area contributed by atoms with Crippen molar-refractivity contribution in [3.63, 3.8) is 0 Å². The minimum atomic E-state index is 0.134. The molecule has 1 aliphatic heterocycles. The minimum Gasteiger partial charge on any atom is -0.378 e. The maximum absolute atomic E-state index is 5.75. The molecule has 0 spiro atoms. The van der Waals surface area contributed by atoms with Crippen LogP contribution in [0.1, 0.15) is 5.56 Å². The third kappa shape index (κ3) is 1.95. The van der Waals surface area contributed by atoms with Crippen LogP contribution < -0.4 is 5.73 Å². The fraction of sp³-hybridized carbons (Fsp3) is 0.455. The zero-order valence-electron chi connectivity index (χ0n) is 8.32. The Morgan fingerprint density at radius 3 is 2.43 bits per heavy atom. The van der Waals surface area contributed by atoms with Crippen LogP contribution >= 0.6 is 11.8 Å². The predicted molar refractivity (Wildman–Crippen MR) is 59.6 cm³/mol. The molecule has 1 heterocycles. The number of ether oxygens (including phenoxy) is 1. The van der Waals surface area contributed by atoms with E-state index in [1.807, 2.05) is 11.8 Å². The lowest BCUT2D eigenvalue weighted by molar-refractivity contribution is -0.00434. The molecule has 3 heteroatoms. The fourth-order valence-corrected chi connectivity index (χ4v) is 2.54. The van der Waals surface area contributed by atoms with Crippen LogP contribution in [-0.4, -0.2) is 24.5 Å². The molecule has 0 bridgehead atoms. The predicted octanol–water partition coefficient (Wildman–Crippen LogP) is 1.81. The van der Waals surface area contributed by atoms with E-state index in [1.54, 1.807) is 0 Å². The molecule has 14 heavy (non-hydrogen) atoms. The molecule has 1 aromatic carbocycles. The van der Waals surface area contributed by atoms with Gasteiger partial charge in [0.05, 0.1) is 18.0 Å². The molecule has 76 valence electrons. The first-order valence-corrected chi connectivity index (χ1v) is 5.59. The SMILES string of the molecule is Cc1ccc(SC2(CN)COC2)cc1. The van der Waals surface area contributed by atoms with E-state index in [0.717, 1.165) is 13.2 Å². The van der Waals surface area contributed by atoms with Crippen LogP contribution in [0.5, 0.6) is 0 Å². The van der Waals surface area contributed by atoms with Crippen LogP contribution in [0.25, 0.3) is 0 Å². The Kier molecular flexibility index (Phi) is 2.81. The molecule has 2 N–H and O–H groups in total. The second kappa shape index (κ2) is 3.93. The minimum absolute atomic E-state index is 0.134. The highest BCUT2D eigenvalue weighted by Crippen LogP contribution is 2.37. The zero-order valence-corrected chi connectivity index (χ0v) is 9.14. The van der Waals surface area contributed by atoms with Crippen molar-refractivity contribution in [1.82, 2.24) is 0 Å². The second-order valence-corrected chi connectivity index (χ2v) is 5.34. The van der Waals surface area contributed by atoms with Gasteiger partial charge in [0.15, 0.2) is 0 Å². The van der Waals surface area contributed by atoms with Gasteiger partial charge in [0.1, 0.15) is 0 Å². The number of hydrogen-bond donors (Lipinski definition) is 1. The molecular formula is C11H15NOS. The van der Waals surface area contributed by atoms with Crippen molar-refractivity contribution in [3.05, 3.63) is 29.8 Å². The molecule has 1 fully saturated rings. The number of hydrogen-bond acceptors (Lipinski definition) is 3. The van der Waals surface area contributed by atoms with Gasteiger partial charge in [0.2, 0.25) is 0 Å². The van der Waals surface area contributed by atoms with E-state index in [4.69, 9.17) is 10.5 Å². The van der Waals surface area contributed by atoms with Gasteiger partial charge in [0, 0.05) is 11.4 Å². The lowest BCUT2D eigenvalue weighted by Crippen LogP contribution is -2.52. The van der Waals surface area contributed by atoms with E-state index in [2.05, 4.69) is 31.2 Å². The highest BCUT2D eigenvalue weighted by molar-refractivity contribution is 8.00. The van der Waals surface area contributed by atoms with Gasteiger partial charge in [0.25, 0.3) is 0 Å². The summed E-state index contributed by atoms with van der Waals surface area (Å²) in [5, 5.41) is 0. The number of nitrogens with two attached hydrogens (primary N) is 1. The maximum Gasteiger partial charge on any atom is 0.0794 e. The van der Waals surface area contributed by atoms with Crippen LogP contribution in [0.2, 0.25) is 0 Å². The normalized spacial score (nSPS) is 19.0. The molecule has 1 saturated heterocycles. The lowest BCUT2D eigenvalue weighted by Gasteiger charge is -2.39. The molecule has 0 amide bonds. The van der Waals surface area contributed by atoms with E-state index in [0.29, 0.717) is 6.54 Å². The summed E-state index contributed by atoms with van der Waals surface area (Å²) in [5.74, 6) is 0. The molecule has 1 aromatic rings. The lowest BCUT2D eigenvalue weighted by atomic mass is 10.1. The average Bonchev–Trinajstić information content (AvgIpc) is 2.15. The summed E-state index contributed by atoms with van der Waals surface area (Å²) in [6.07, 6.45) is 0. The van der Waals surface area contributed by atoms with Gasteiger partial charge in [-0.15, -0.1) is 11.8 Å². The second-order valence-electron chi connectivity index (χ2n) is 3.80. The molecule has 0 saturated carbocycles. The van der Waals surface area contributed by atoms with E-state index >= 15 is 0 Å². The molecule has 0 atom stereocenters. The number of thioether (sulfide) groups is 1. The van der Waals surface area contributed by atoms with Crippen molar-refractivity contribution in [2.75, 3.05) is 19.8 Å². The number of benzene rings is 1. The summed E-state index contributed by atoms with van der Waals surface area (Å²) >= 11 is 1.84. The molecule has 0 radical (unpaired) electrons. The largest absolute Gasteiger partial charge is 0.378 e. The summed E-state index contributed by atoms with van der Waals surface area (Å²) in [6.45, 7) is 4.34. The summed E-state index contributed by atoms with van der Waals surface area (Å²) in [7, 11) is 0. The van der Waals surface area contributed by atoms with E-state index < -0.39 is 0 Å². The standard InChI is InChI=1S/C11H15NOS/c1-9-2-4-10(5-3-9)14-11(6-12)7-13-8-11/h2-5H,6-8,12H2,1H3. The summed E-state index contributed by atoms with van der Waals surface area (Å²) < 4.78 is 5.36. The Labute approximate surface area is 88.8 Å². The van der Waals surface area contributed by atoms with Gasteiger partial charge in [-0.3, -0.25) is 0 Å². The van der Waals surface area contributed by atoms with Crippen molar-refractivity contribution in [2.45, 2.75) is 16.6 Å².